The quantitative estimate of drug-likeness (QED) is 0.663. The number of fused-ring (bicyclic) bond motifs is 2. The van der Waals surface area contributed by atoms with Crippen LogP contribution in [0.3, 0.4) is 0 Å². The standard InChI is InChI=1S/C25H29N3O3/c1-17-25(20-6-2-3-7-21(20)27-17)18-10-12-28(13-11-18)15-24(29)26-14-19-16-30-22-8-4-5-9-23(22)31-19/h2-9,18-19,27H,10-16H2,1H3,(H,26,29). The van der Waals surface area contributed by atoms with Gasteiger partial charge in [0.15, 0.2) is 11.5 Å². The zero-order valence-electron chi connectivity index (χ0n) is 17.9. The van der Waals surface area contributed by atoms with E-state index in [0.717, 1.165) is 37.4 Å². The molecule has 0 radical (unpaired) electrons. The Hall–Kier alpha value is -2.99. The summed E-state index contributed by atoms with van der Waals surface area (Å²) in [6.07, 6.45) is 1.99. The molecule has 1 atom stereocenters. The molecule has 0 aliphatic carbocycles. The summed E-state index contributed by atoms with van der Waals surface area (Å²) in [4.78, 5) is 18.3. The number of likely N-dealkylation sites (tertiary alicyclic amines) is 1. The van der Waals surface area contributed by atoms with E-state index < -0.39 is 0 Å². The topological polar surface area (TPSA) is 66.6 Å². The number of benzene rings is 2. The Kier molecular flexibility index (Phi) is 5.55. The van der Waals surface area contributed by atoms with E-state index in [4.69, 9.17) is 9.47 Å². The molecule has 2 N–H and O–H groups in total. The number of aromatic amines is 1. The highest BCUT2D eigenvalue weighted by Gasteiger charge is 2.26. The van der Waals surface area contributed by atoms with E-state index in [1.54, 1.807) is 0 Å². The molecule has 0 saturated carbocycles. The summed E-state index contributed by atoms with van der Waals surface area (Å²) in [5.41, 5.74) is 3.94. The van der Waals surface area contributed by atoms with Gasteiger partial charge in [-0.15, -0.1) is 0 Å². The molecule has 162 valence electrons. The molecule has 1 saturated heterocycles. The van der Waals surface area contributed by atoms with Gasteiger partial charge in [-0.25, -0.2) is 0 Å². The van der Waals surface area contributed by atoms with Crippen molar-refractivity contribution in [3.8, 4) is 11.5 Å². The number of nitrogens with one attached hydrogen (secondary N) is 2. The minimum atomic E-state index is -0.158. The Morgan fingerprint density at radius 2 is 1.84 bits per heavy atom. The van der Waals surface area contributed by atoms with Crippen molar-refractivity contribution in [2.24, 2.45) is 0 Å². The third-order valence-corrected chi connectivity index (χ3v) is 6.40. The number of aryl methyl sites for hydroxylation is 1. The van der Waals surface area contributed by atoms with Crippen LogP contribution in [0.5, 0.6) is 11.5 Å². The van der Waals surface area contributed by atoms with E-state index in [-0.39, 0.29) is 12.0 Å². The first-order valence-corrected chi connectivity index (χ1v) is 11.1. The largest absolute Gasteiger partial charge is 0.486 e. The van der Waals surface area contributed by atoms with Gasteiger partial charge in [-0.1, -0.05) is 30.3 Å². The van der Waals surface area contributed by atoms with E-state index >= 15 is 0 Å². The molecule has 1 aromatic heterocycles. The number of hydrogen-bond acceptors (Lipinski definition) is 4. The van der Waals surface area contributed by atoms with Crippen molar-refractivity contribution in [3.05, 3.63) is 59.8 Å². The number of piperidine rings is 1. The Balaban J connectivity index is 1.10. The molecule has 6 heteroatoms. The van der Waals surface area contributed by atoms with Crippen LogP contribution >= 0.6 is 0 Å². The molecule has 31 heavy (non-hydrogen) atoms. The van der Waals surface area contributed by atoms with Crippen LogP contribution in [0.1, 0.15) is 30.0 Å². The van der Waals surface area contributed by atoms with Gasteiger partial charge >= 0.3 is 0 Å². The highest BCUT2D eigenvalue weighted by Crippen LogP contribution is 2.35. The monoisotopic (exact) mass is 419 g/mol. The van der Waals surface area contributed by atoms with Gasteiger partial charge in [0.2, 0.25) is 5.91 Å². The number of hydrogen-bond donors (Lipinski definition) is 2. The van der Waals surface area contributed by atoms with Crippen LogP contribution in [0.4, 0.5) is 0 Å². The van der Waals surface area contributed by atoms with Crippen molar-refractivity contribution in [1.82, 2.24) is 15.2 Å². The third kappa shape index (κ3) is 4.26. The maximum atomic E-state index is 12.5. The molecule has 5 rings (SSSR count). The fourth-order valence-corrected chi connectivity index (χ4v) is 4.85. The first-order valence-electron chi connectivity index (χ1n) is 11.1. The highest BCUT2D eigenvalue weighted by molar-refractivity contribution is 5.85. The normalized spacial score (nSPS) is 19.5. The van der Waals surface area contributed by atoms with Gasteiger partial charge in [-0.05, 0) is 62.5 Å². The van der Waals surface area contributed by atoms with Crippen molar-refractivity contribution in [1.29, 1.82) is 0 Å². The number of rotatable bonds is 5. The van der Waals surface area contributed by atoms with E-state index in [2.05, 4.69) is 46.4 Å². The van der Waals surface area contributed by atoms with E-state index in [1.165, 1.54) is 22.2 Å². The minimum absolute atomic E-state index is 0.0455. The molecule has 0 bridgehead atoms. The number of H-pyrrole nitrogens is 1. The fraction of sp³-hybridized carbons (Fsp3) is 0.400. The summed E-state index contributed by atoms with van der Waals surface area (Å²) in [6, 6.07) is 16.2. The molecule has 2 aliphatic rings. The average molecular weight is 420 g/mol. The van der Waals surface area contributed by atoms with Gasteiger partial charge in [0.25, 0.3) is 0 Å². The van der Waals surface area contributed by atoms with Crippen molar-refractivity contribution in [2.75, 3.05) is 32.8 Å². The molecule has 1 unspecified atom stereocenters. The molecule has 0 spiro atoms. The van der Waals surface area contributed by atoms with Crippen LogP contribution in [-0.4, -0.2) is 54.7 Å². The molecule has 3 heterocycles. The molecule has 3 aromatic rings. The summed E-state index contributed by atoms with van der Waals surface area (Å²) < 4.78 is 11.6. The summed E-state index contributed by atoms with van der Waals surface area (Å²) in [5.74, 6) is 2.09. The van der Waals surface area contributed by atoms with E-state index in [0.29, 0.717) is 25.6 Å². The van der Waals surface area contributed by atoms with Crippen LogP contribution in [0.15, 0.2) is 48.5 Å². The van der Waals surface area contributed by atoms with Gasteiger partial charge < -0.3 is 19.8 Å². The number of nitrogens with zero attached hydrogens (tertiary/aromatic N) is 1. The predicted octanol–water partition coefficient (Wildman–Crippen LogP) is 3.61. The zero-order chi connectivity index (χ0) is 21.2. The lowest BCUT2D eigenvalue weighted by Gasteiger charge is -2.32. The maximum absolute atomic E-state index is 12.5. The minimum Gasteiger partial charge on any atom is -0.486 e. The first-order chi connectivity index (χ1) is 15.2. The van der Waals surface area contributed by atoms with Crippen molar-refractivity contribution < 1.29 is 14.3 Å². The number of carbonyl (C=O) groups excluding carboxylic acids is 1. The van der Waals surface area contributed by atoms with E-state index in [9.17, 15) is 4.79 Å². The van der Waals surface area contributed by atoms with Gasteiger partial charge in [0.05, 0.1) is 13.1 Å². The van der Waals surface area contributed by atoms with Gasteiger partial charge in [0.1, 0.15) is 12.7 Å². The summed E-state index contributed by atoms with van der Waals surface area (Å²) >= 11 is 0. The third-order valence-electron chi connectivity index (χ3n) is 6.40. The molecule has 6 nitrogen and oxygen atoms in total. The number of carbonyl (C=O) groups is 1. The molecule has 2 aromatic carbocycles. The van der Waals surface area contributed by atoms with E-state index in [1.807, 2.05) is 24.3 Å². The molecular weight excluding hydrogens is 390 g/mol. The number of amides is 1. The smallest absolute Gasteiger partial charge is 0.234 e. The lowest BCUT2D eigenvalue weighted by Crippen LogP contribution is -2.45. The van der Waals surface area contributed by atoms with Gasteiger partial charge in [0, 0.05) is 16.6 Å². The van der Waals surface area contributed by atoms with Gasteiger partial charge in [-0.2, -0.15) is 0 Å². The Labute approximate surface area is 182 Å². The predicted molar refractivity (Wildman–Crippen MR) is 121 cm³/mol. The number of aromatic nitrogens is 1. The van der Waals surface area contributed by atoms with Crippen molar-refractivity contribution in [3.63, 3.8) is 0 Å². The van der Waals surface area contributed by atoms with Crippen LogP contribution in [-0.2, 0) is 4.79 Å². The van der Waals surface area contributed by atoms with Crippen molar-refractivity contribution >= 4 is 16.8 Å². The lowest BCUT2D eigenvalue weighted by atomic mass is 9.87. The second-order valence-corrected chi connectivity index (χ2v) is 8.56. The average Bonchev–Trinajstić information content (AvgIpc) is 3.14. The molecule has 2 aliphatic heterocycles. The number of ether oxygens (including phenoxy) is 2. The lowest BCUT2D eigenvalue weighted by molar-refractivity contribution is -0.123. The summed E-state index contributed by atoms with van der Waals surface area (Å²) in [7, 11) is 0. The Bertz CT molecular complexity index is 1070. The van der Waals surface area contributed by atoms with Crippen LogP contribution in [0.25, 0.3) is 10.9 Å². The van der Waals surface area contributed by atoms with Crippen LogP contribution in [0.2, 0.25) is 0 Å². The second kappa shape index (κ2) is 8.63. The van der Waals surface area contributed by atoms with Gasteiger partial charge in [-0.3, -0.25) is 9.69 Å². The molecule has 1 amide bonds. The maximum Gasteiger partial charge on any atom is 0.234 e. The molecule has 1 fully saturated rings. The SMILES string of the molecule is Cc1[nH]c2ccccc2c1C1CCN(CC(=O)NCC2COc3ccccc3O2)CC1. The Morgan fingerprint density at radius 3 is 2.68 bits per heavy atom. The highest BCUT2D eigenvalue weighted by atomic mass is 16.6. The zero-order valence-corrected chi connectivity index (χ0v) is 17.9. The summed E-state index contributed by atoms with van der Waals surface area (Å²) in [5, 5.41) is 4.35. The molecular formula is C25H29N3O3. The first kappa shape index (κ1) is 19.9. The fourth-order valence-electron chi connectivity index (χ4n) is 4.85. The van der Waals surface area contributed by atoms with Crippen molar-refractivity contribution in [2.45, 2.75) is 31.8 Å². The van der Waals surface area contributed by atoms with Crippen LogP contribution < -0.4 is 14.8 Å². The Morgan fingerprint density at radius 1 is 1.10 bits per heavy atom. The second-order valence-electron chi connectivity index (χ2n) is 8.56. The van der Waals surface area contributed by atoms with Crippen LogP contribution in [0, 0.1) is 6.92 Å². The number of para-hydroxylation sites is 3. The summed E-state index contributed by atoms with van der Waals surface area (Å²) in [6.45, 7) is 5.39.